The molecule has 0 radical (unpaired) electrons. The Kier molecular flexibility index (Phi) is 5.67. The molecule has 1 aromatic carbocycles. The summed E-state index contributed by atoms with van der Waals surface area (Å²) in [6.07, 6.45) is 4.20. The van der Waals surface area contributed by atoms with Crippen molar-refractivity contribution in [2.45, 2.75) is 39.2 Å². The van der Waals surface area contributed by atoms with E-state index < -0.39 is 0 Å². The van der Waals surface area contributed by atoms with Crippen molar-refractivity contribution in [3.05, 3.63) is 28.8 Å². The number of rotatable bonds is 3. The number of nitrogens with zero attached hydrogens (tertiary/aromatic N) is 2. The summed E-state index contributed by atoms with van der Waals surface area (Å²) in [6.45, 7) is 6.57. The summed E-state index contributed by atoms with van der Waals surface area (Å²) in [5, 5.41) is 10.6. The fourth-order valence-electron chi connectivity index (χ4n) is 3.91. The van der Waals surface area contributed by atoms with E-state index in [1.807, 2.05) is 6.07 Å². The third-order valence-corrected chi connectivity index (χ3v) is 5.58. The van der Waals surface area contributed by atoms with Gasteiger partial charge in [0.1, 0.15) is 5.75 Å². The molecule has 0 aromatic heterocycles. The number of phenolic OH excluding ortho intramolecular Hbond substituents is 1. The molecule has 132 valence electrons. The van der Waals surface area contributed by atoms with Crippen molar-refractivity contribution in [1.82, 2.24) is 9.80 Å². The monoisotopic (exact) mass is 350 g/mol. The minimum Gasteiger partial charge on any atom is -0.508 e. The second-order valence-corrected chi connectivity index (χ2v) is 7.79. The lowest BCUT2D eigenvalue weighted by molar-refractivity contribution is -0.138. The highest BCUT2D eigenvalue weighted by Gasteiger charge is 2.30. The fraction of sp³-hybridized carbons (Fsp3) is 0.632. The first-order valence-corrected chi connectivity index (χ1v) is 9.39. The second kappa shape index (κ2) is 7.75. The lowest BCUT2D eigenvalue weighted by Gasteiger charge is -2.37. The van der Waals surface area contributed by atoms with E-state index in [2.05, 4.69) is 16.7 Å². The highest BCUT2D eigenvalue weighted by Crippen LogP contribution is 2.27. The zero-order valence-corrected chi connectivity index (χ0v) is 15.1. The van der Waals surface area contributed by atoms with Crippen LogP contribution in [0.15, 0.2) is 18.2 Å². The Morgan fingerprint density at radius 1 is 1.25 bits per heavy atom. The summed E-state index contributed by atoms with van der Waals surface area (Å²) in [5.41, 5.74) is 0.858. The van der Waals surface area contributed by atoms with Crippen LogP contribution in [0.3, 0.4) is 0 Å². The number of likely N-dealkylation sites (tertiary alicyclic amines) is 2. The third-order valence-electron chi connectivity index (χ3n) is 5.34. The minimum atomic E-state index is 0.166. The Hall–Kier alpha value is -1.26. The topological polar surface area (TPSA) is 43.8 Å². The average Bonchev–Trinajstić information content (AvgIpc) is 2.58. The summed E-state index contributed by atoms with van der Waals surface area (Å²) in [4.78, 5) is 17.1. The van der Waals surface area contributed by atoms with E-state index in [9.17, 15) is 9.90 Å². The van der Waals surface area contributed by atoms with Gasteiger partial charge in [0.2, 0.25) is 5.91 Å². The van der Waals surface area contributed by atoms with Gasteiger partial charge >= 0.3 is 0 Å². The maximum atomic E-state index is 12.7. The Morgan fingerprint density at radius 3 is 2.71 bits per heavy atom. The van der Waals surface area contributed by atoms with Gasteiger partial charge in [-0.1, -0.05) is 18.5 Å². The van der Waals surface area contributed by atoms with Crippen LogP contribution in [0.4, 0.5) is 0 Å². The highest BCUT2D eigenvalue weighted by molar-refractivity contribution is 6.30. The van der Waals surface area contributed by atoms with Crippen LogP contribution in [0.2, 0.25) is 5.02 Å². The van der Waals surface area contributed by atoms with Gasteiger partial charge in [-0.3, -0.25) is 9.69 Å². The number of benzene rings is 1. The van der Waals surface area contributed by atoms with E-state index >= 15 is 0 Å². The number of aromatic hydroxyl groups is 1. The molecule has 2 heterocycles. The first-order valence-electron chi connectivity index (χ1n) is 9.01. The van der Waals surface area contributed by atoms with Crippen molar-refractivity contribution in [3.63, 3.8) is 0 Å². The van der Waals surface area contributed by atoms with E-state index in [4.69, 9.17) is 11.6 Å². The van der Waals surface area contributed by atoms with Gasteiger partial charge in [0, 0.05) is 36.1 Å². The Balaban J connectivity index is 1.52. The van der Waals surface area contributed by atoms with E-state index in [-0.39, 0.29) is 5.92 Å². The number of hydrogen-bond acceptors (Lipinski definition) is 3. The van der Waals surface area contributed by atoms with Crippen LogP contribution in [0.25, 0.3) is 0 Å². The molecule has 2 fully saturated rings. The van der Waals surface area contributed by atoms with Gasteiger partial charge in [0.15, 0.2) is 0 Å². The molecule has 2 saturated heterocycles. The van der Waals surface area contributed by atoms with Crippen LogP contribution in [-0.2, 0) is 11.3 Å². The summed E-state index contributed by atoms with van der Waals surface area (Å²) in [7, 11) is 0. The fourth-order valence-corrected chi connectivity index (χ4v) is 4.10. The van der Waals surface area contributed by atoms with Gasteiger partial charge in [0.05, 0.1) is 0 Å². The van der Waals surface area contributed by atoms with Gasteiger partial charge in [-0.2, -0.15) is 0 Å². The molecule has 24 heavy (non-hydrogen) atoms. The van der Waals surface area contributed by atoms with Crippen LogP contribution in [-0.4, -0.2) is 47.0 Å². The average molecular weight is 351 g/mol. The van der Waals surface area contributed by atoms with E-state index in [0.717, 1.165) is 51.0 Å². The van der Waals surface area contributed by atoms with E-state index in [1.54, 1.807) is 12.1 Å². The number of hydrogen-bond donors (Lipinski definition) is 1. The maximum absolute atomic E-state index is 12.7. The molecule has 1 atom stereocenters. The number of amides is 1. The van der Waals surface area contributed by atoms with Gasteiger partial charge < -0.3 is 10.0 Å². The Morgan fingerprint density at radius 2 is 2.00 bits per heavy atom. The van der Waals surface area contributed by atoms with Crippen LogP contribution in [0.1, 0.15) is 38.2 Å². The number of piperidine rings is 2. The van der Waals surface area contributed by atoms with Crippen LogP contribution < -0.4 is 0 Å². The molecule has 0 saturated carbocycles. The molecule has 0 aliphatic carbocycles. The quantitative estimate of drug-likeness (QED) is 0.907. The van der Waals surface area contributed by atoms with E-state index in [1.165, 1.54) is 6.42 Å². The van der Waals surface area contributed by atoms with Gasteiger partial charge in [0.25, 0.3) is 0 Å². The minimum absolute atomic E-state index is 0.166. The van der Waals surface area contributed by atoms with Crippen molar-refractivity contribution in [2.75, 3.05) is 26.2 Å². The molecule has 2 aliphatic rings. The van der Waals surface area contributed by atoms with Crippen LogP contribution in [0, 0.1) is 11.8 Å². The van der Waals surface area contributed by atoms with Crippen molar-refractivity contribution >= 4 is 17.5 Å². The first-order chi connectivity index (χ1) is 11.5. The molecular formula is C19H27ClN2O2. The van der Waals surface area contributed by atoms with Crippen molar-refractivity contribution in [1.29, 1.82) is 0 Å². The SMILES string of the molecule is C[C@@H]1CCCN(C(=O)C2CCN(Cc3cc(Cl)ccc3O)CC2)C1. The predicted octanol–water partition coefficient (Wildman–Crippen LogP) is 3.52. The second-order valence-electron chi connectivity index (χ2n) is 7.36. The van der Waals surface area contributed by atoms with Crippen molar-refractivity contribution in [3.8, 4) is 5.75 Å². The lowest BCUT2D eigenvalue weighted by atomic mass is 9.92. The molecule has 1 amide bonds. The molecule has 2 aliphatic heterocycles. The molecule has 3 rings (SSSR count). The van der Waals surface area contributed by atoms with Gasteiger partial charge in [-0.25, -0.2) is 0 Å². The molecule has 1 aromatic rings. The Bertz CT molecular complexity index is 585. The summed E-state index contributed by atoms with van der Waals surface area (Å²) >= 11 is 6.02. The summed E-state index contributed by atoms with van der Waals surface area (Å²) in [6, 6.07) is 5.17. The normalized spacial score (nSPS) is 23.4. The van der Waals surface area contributed by atoms with Crippen LogP contribution >= 0.6 is 11.6 Å². The highest BCUT2D eigenvalue weighted by atomic mass is 35.5. The van der Waals surface area contributed by atoms with Gasteiger partial charge in [-0.05, 0) is 62.9 Å². The zero-order valence-electron chi connectivity index (χ0n) is 14.4. The molecule has 4 nitrogen and oxygen atoms in total. The number of carbonyl (C=O) groups excluding carboxylic acids is 1. The summed E-state index contributed by atoms with van der Waals surface area (Å²) in [5.74, 6) is 1.44. The zero-order chi connectivity index (χ0) is 17.1. The molecular weight excluding hydrogens is 324 g/mol. The summed E-state index contributed by atoms with van der Waals surface area (Å²) < 4.78 is 0. The third kappa shape index (κ3) is 4.22. The number of carbonyl (C=O) groups is 1. The molecule has 1 N–H and O–H groups in total. The number of halogens is 1. The Labute approximate surface area is 149 Å². The largest absolute Gasteiger partial charge is 0.508 e. The van der Waals surface area contributed by atoms with Crippen molar-refractivity contribution < 1.29 is 9.90 Å². The molecule has 0 bridgehead atoms. The molecule has 0 unspecified atom stereocenters. The van der Waals surface area contributed by atoms with Crippen molar-refractivity contribution in [2.24, 2.45) is 11.8 Å². The number of phenols is 1. The smallest absolute Gasteiger partial charge is 0.225 e. The van der Waals surface area contributed by atoms with Crippen LogP contribution in [0.5, 0.6) is 5.75 Å². The molecule has 5 heteroatoms. The first kappa shape index (κ1) is 17.6. The van der Waals surface area contributed by atoms with E-state index in [0.29, 0.717) is 29.1 Å². The van der Waals surface area contributed by atoms with Gasteiger partial charge in [-0.15, -0.1) is 0 Å². The molecule has 0 spiro atoms. The predicted molar refractivity (Wildman–Crippen MR) is 96.1 cm³/mol. The lowest BCUT2D eigenvalue weighted by Crippen LogP contribution is -2.45. The standard InChI is InChI=1S/C19H27ClN2O2/c1-14-3-2-8-22(12-14)19(24)15-6-9-21(10-7-15)13-16-11-17(20)4-5-18(16)23/h4-5,11,14-15,23H,2-3,6-10,12-13H2,1H3/t14-/m1/s1. The maximum Gasteiger partial charge on any atom is 0.225 e.